The van der Waals surface area contributed by atoms with Crippen molar-refractivity contribution in [1.82, 2.24) is 4.90 Å². The first kappa shape index (κ1) is 9.22. The van der Waals surface area contributed by atoms with Crippen molar-refractivity contribution >= 4 is 11.3 Å². The smallest absolute Gasteiger partial charge is 0.0242 e. The number of likely N-dealkylation sites (tertiary alicyclic amines) is 1. The zero-order chi connectivity index (χ0) is 9.26. The van der Waals surface area contributed by atoms with Crippen LogP contribution in [-0.4, -0.2) is 18.0 Å². The molecule has 0 aliphatic carbocycles. The lowest BCUT2D eigenvalue weighted by Crippen LogP contribution is -2.19. The minimum absolute atomic E-state index is 0.874. The Morgan fingerprint density at radius 1 is 1.38 bits per heavy atom. The van der Waals surface area contributed by atoms with Crippen LogP contribution in [0.25, 0.3) is 0 Å². The predicted octanol–water partition coefficient (Wildman–Crippen LogP) is 2.84. The van der Waals surface area contributed by atoms with Crippen molar-refractivity contribution in [3.63, 3.8) is 0 Å². The number of hydrogen-bond donors (Lipinski definition) is 0. The fourth-order valence-corrected chi connectivity index (χ4v) is 2.68. The molecule has 2 heteroatoms. The van der Waals surface area contributed by atoms with Crippen molar-refractivity contribution in [3.8, 4) is 0 Å². The Morgan fingerprint density at radius 2 is 2.08 bits per heavy atom. The Labute approximate surface area is 84.4 Å². The van der Waals surface area contributed by atoms with Gasteiger partial charge in [-0.25, -0.2) is 0 Å². The summed E-state index contributed by atoms with van der Waals surface area (Å²) in [6, 6.07) is 2.23. The van der Waals surface area contributed by atoms with Crippen LogP contribution in [0.2, 0.25) is 0 Å². The van der Waals surface area contributed by atoms with Crippen LogP contribution in [-0.2, 0) is 6.54 Å². The van der Waals surface area contributed by atoms with E-state index in [-0.39, 0.29) is 0 Å². The average molecular weight is 195 g/mol. The van der Waals surface area contributed by atoms with Gasteiger partial charge >= 0.3 is 0 Å². The molecule has 0 aromatic carbocycles. The van der Waals surface area contributed by atoms with Crippen LogP contribution in [0.1, 0.15) is 19.4 Å². The third-order valence-corrected chi connectivity index (χ3v) is 3.78. The topological polar surface area (TPSA) is 3.24 Å². The van der Waals surface area contributed by atoms with Gasteiger partial charge in [0, 0.05) is 19.6 Å². The maximum absolute atomic E-state index is 2.57. The van der Waals surface area contributed by atoms with Crippen LogP contribution in [0.3, 0.4) is 0 Å². The van der Waals surface area contributed by atoms with Crippen LogP contribution < -0.4 is 0 Å². The highest BCUT2D eigenvalue weighted by Crippen LogP contribution is 2.23. The SMILES string of the molecule is CC1CN(Cc2ccsc2)CC1C. The van der Waals surface area contributed by atoms with Crippen molar-refractivity contribution in [2.45, 2.75) is 20.4 Å². The van der Waals surface area contributed by atoms with Gasteiger partial charge in [-0.1, -0.05) is 13.8 Å². The molecule has 13 heavy (non-hydrogen) atoms. The van der Waals surface area contributed by atoms with E-state index in [1.807, 2.05) is 0 Å². The van der Waals surface area contributed by atoms with E-state index < -0.39 is 0 Å². The van der Waals surface area contributed by atoms with Gasteiger partial charge in [-0.05, 0) is 34.2 Å². The largest absolute Gasteiger partial charge is 0.299 e. The Morgan fingerprint density at radius 3 is 2.62 bits per heavy atom. The Balaban J connectivity index is 1.91. The van der Waals surface area contributed by atoms with E-state index in [2.05, 4.69) is 35.6 Å². The summed E-state index contributed by atoms with van der Waals surface area (Å²) in [5, 5.41) is 4.42. The first-order valence-electron chi connectivity index (χ1n) is 4.99. The summed E-state index contributed by atoms with van der Waals surface area (Å²) in [5.74, 6) is 1.75. The second-order valence-corrected chi connectivity index (χ2v) is 5.06. The van der Waals surface area contributed by atoms with Gasteiger partial charge in [0.2, 0.25) is 0 Å². The maximum Gasteiger partial charge on any atom is 0.0242 e. The van der Waals surface area contributed by atoms with Crippen molar-refractivity contribution in [3.05, 3.63) is 22.4 Å². The average Bonchev–Trinajstić information content (AvgIpc) is 2.64. The second-order valence-electron chi connectivity index (χ2n) is 4.28. The van der Waals surface area contributed by atoms with E-state index in [4.69, 9.17) is 0 Å². The van der Waals surface area contributed by atoms with Gasteiger partial charge in [-0.3, -0.25) is 4.90 Å². The third kappa shape index (κ3) is 2.12. The minimum Gasteiger partial charge on any atom is -0.299 e. The highest BCUT2D eigenvalue weighted by atomic mass is 32.1. The van der Waals surface area contributed by atoms with Crippen molar-refractivity contribution in [1.29, 1.82) is 0 Å². The van der Waals surface area contributed by atoms with E-state index in [9.17, 15) is 0 Å². The lowest BCUT2D eigenvalue weighted by molar-refractivity contribution is 0.316. The highest BCUT2D eigenvalue weighted by molar-refractivity contribution is 7.07. The summed E-state index contributed by atoms with van der Waals surface area (Å²) in [5.41, 5.74) is 1.48. The van der Waals surface area contributed by atoms with E-state index >= 15 is 0 Å². The van der Waals surface area contributed by atoms with Crippen LogP contribution >= 0.6 is 11.3 Å². The number of nitrogens with zero attached hydrogens (tertiary/aromatic N) is 1. The summed E-state index contributed by atoms with van der Waals surface area (Å²) < 4.78 is 0. The number of hydrogen-bond acceptors (Lipinski definition) is 2. The van der Waals surface area contributed by atoms with E-state index in [1.165, 1.54) is 18.7 Å². The molecule has 0 N–H and O–H groups in total. The summed E-state index contributed by atoms with van der Waals surface area (Å²) in [4.78, 5) is 2.57. The first-order valence-corrected chi connectivity index (χ1v) is 5.93. The zero-order valence-electron chi connectivity index (χ0n) is 8.36. The van der Waals surface area contributed by atoms with Crippen LogP contribution in [0, 0.1) is 11.8 Å². The van der Waals surface area contributed by atoms with Gasteiger partial charge in [-0.2, -0.15) is 11.3 Å². The van der Waals surface area contributed by atoms with Gasteiger partial charge in [0.1, 0.15) is 0 Å². The normalized spacial score (nSPS) is 29.7. The molecule has 1 aliphatic rings. The molecule has 1 fully saturated rings. The van der Waals surface area contributed by atoms with E-state index in [0.29, 0.717) is 0 Å². The maximum atomic E-state index is 2.57. The third-order valence-electron chi connectivity index (χ3n) is 3.05. The molecular formula is C11H17NS. The Bertz CT molecular complexity index is 245. The van der Waals surface area contributed by atoms with Crippen LogP contribution in [0.5, 0.6) is 0 Å². The van der Waals surface area contributed by atoms with Gasteiger partial charge in [0.15, 0.2) is 0 Å². The molecule has 1 nitrogen and oxygen atoms in total. The molecule has 2 unspecified atom stereocenters. The molecule has 2 rings (SSSR count). The molecular weight excluding hydrogens is 178 g/mol. The van der Waals surface area contributed by atoms with Crippen molar-refractivity contribution < 1.29 is 0 Å². The summed E-state index contributed by atoms with van der Waals surface area (Å²) in [6.45, 7) is 8.42. The standard InChI is InChI=1S/C11H17NS/c1-9-5-12(6-10(9)2)7-11-3-4-13-8-11/h3-4,8-10H,5-7H2,1-2H3. The highest BCUT2D eigenvalue weighted by Gasteiger charge is 2.25. The van der Waals surface area contributed by atoms with Gasteiger partial charge in [0.05, 0.1) is 0 Å². The first-order chi connectivity index (χ1) is 6.25. The van der Waals surface area contributed by atoms with E-state index in [0.717, 1.165) is 18.4 Å². The molecule has 0 bridgehead atoms. The number of thiophene rings is 1. The molecule has 72 valence electrons. The number of rotatable bonds is 2. The summed E-state index contributed by atoms with van der Waals surface area (Å²) in [6.07, 6.45) is 0. The molecule has 0 saturated carbocycles. The Kier molecular flexibility index (Phi) is 2.70. The Hall–Kier alpha value is -0.340. The van der Waals surface area contributed by atoms with Crippen LogP contribution in [0.4, 0.5) is 0 Å². The summed E-state index contributed by atoms with van der Waals surface area (Å²) >= 11 is 1.80. The lowest BCUT2D eigenvalue weighted by atomic mass is 10.0. The van der Waals surface area contributed by atoms with E-state index in [1.54, 1.807) is 11.3 Å². The van der Waals surface area contributed by atoms with Gasteiger partial charge < -0.3 is 0 Å². The second kappa shape index (κ2) is 3.81. The molecule has 1 aliphatic heterocycles. The van der Waals surface area contributed by atoms with Crippen molar-refractivity contribution in [2.24, 2.45) is 11.8 Å². The monoisotopic (exact) mass is 195 g/mol. The molecule has 2 atom stereocenters. The fraction of sp³-hybridized carbons (Fsp3) is 0.636. The summed E-state index contributed by atoms with van der Waals surface area (Å²) in [7, 11) is 0. The molecule has 2 heterocycles. The molecule has 1 aromatic heterocycles. The molecule has 0 radical (unpaired) electrons. The molecule has 0 spiro atoms. The predicted molar refractivity (Wildman–Crippen MR) is 57.9 cm³/mol. The molecule has 1 saturated heterocycles. The van der Waals surface area contributed by atoms with Gasteiger partial charge in [-0.15, -0.1) is 0 Å². The van der Waals surface area contributed by atoms with Gasteiger partial charge in [0.25, 0.3) is 0 Å². The lowest BCUT2D eigenvalue weighted by Gasteiger charge is -2.13. The van der Waals surface area contributed by atoms with Crippen LogP contribution in [0.15, 0.2) is 16.8 Å². The quantitative estimate of drug-likeness (QED) is 0.701. The minimum atomic E-state index is 0.874. The molecule has 0 amide bonds. The molecule has 1 aromatic rings. The fourth-order valence-electron chi connectivity index (χ4n) is 2.02. The van der Waals surface area contributed by atoms with Crippen molar-refractivity contribution in [2.75, 3.05) is 13.1 Å². The zero-order valence-corrected chi connectivity index (χ0v) is 9.18.